The number of benzene rings is 1. The largest absolute Gasteiger partial charge is 0.315 e. The van der Waals surface area contributed by atoms with Gasteiger partial charge in [-0.2, -0.15) is 0 Å². The summed E-state index contributed by atoms with van der Waals surface area (Å²) in [4.78, 5) is 2.25. The van der Waals surface area contributed by atoms with Gasteiger partial charge in [-0.1, -0.05) is 6.92 Å². The van der Waals surface area contributed by atoms with E-state index in [2.05, 4.69) is 17.1 Å². The van der Waals surface area contributed by atoms with Gasteiger partial charge in [-0.25, -0.2) is 8.78 Å². The summed E-state index contributed by atoms with van der Waals surface area (Å²) in [5, 5.41) is 3.31. The standard InChI is InChI=1S/C14H20F2N2.ClH/c1-2-7-18(13-5-6-17-9-13)10-11-8-12(15)3-4-14(11)16;/h3-4,8,13,17H,2,5-7,9-10H2,1H3;1H. The van der Waals surface area contributed by atoms with E-state index >= 15 is 0 Å². The van der Waals surface area contributed by atoms with Gasteiger partial charge in [0.1, 0.15) is 11.6 Å². The molecule has 1 aromatic carbocycles. The van der Waals surface area contributed by atoms with Crippen LogP contribution in [0.5, 0.6) is 0 Å². The molecule has 2 rings (SSSR count). The van der Waals surface area contributed by atoms with Crippen LogP contribution in [0.2, 0.25) is 0 Å². The molecule has 0 aliphatic carbocycles. The van der Waals surface area contributed by atoms with Gasteiger partial charge >= 0.3 is 0 Å². The Bertz CT molecular complexity index is 395. The summed E-state index contributed by atoms with van der Waals surface area (Å²) in [5.74, 6) is -0.684. The number of nitrogens with zero attached hydrogens (tertiary/aromatic N) is 1. The minimum Gasteiger partial charge on any atom is -0.315 e. The van der Waals surface area contributed by atoms with E-state index in [0.717, 1.165) is 32.5 Å². The van der Waals surface area contributed by atoms with Gasteiger partial charge in [0.05, 0.1) is 0 Å². The van der Waals surface area contributed by atoms with E-state index in [4.69, 9.17) is 0 Å². The van der Waals surface area contributed by atoms with Crippen LogP contribution in [0, 0.1) is 11.6 Å². The lowest BCUT2D eigenvalue weighted by Gasteiger charge is -2.28. The Morgan fingerprint density at radius 2 is 2.16 bits per heavy atom. The molecule has 1 heterocycles. The molecule has 0 amide bonds. The molecule has 0 spiro atoms. The highest BCUT2D eigenvalue weighted by Crippen LogP contribution is 2.17. The fourth-order valence-corrected chi connectivity index (χ4v) is 2.51. The summed E-state index contributed by atoms with van der Waals surface area (Å²) in [6.45, 7) is 5.47. The van der Waals surface area contributed by atoms with Gasteiger partial charge in [0.2, 0.25) is 0 Å². The normalized spacial score (nSPS) is 18.6. The van der Waals surface area contributed by atoms with Crippen LogP contribution in [0.1, 0.15) is 25.3 Å². The second kappa shape index (κ2) is 7.78. The van der Waals surface area contributed by atoms with Gasteiger partial charge < -0.3 is 5.32 Å². The Kier molecular flexibility index (Phi) is 6.69. The first kappa shape index (κ1) is 16.3. The summed E-state index contributed by atoms with van der Waals surface area (Å²) in [7, 11) is 0. The highest BCUT2D eigenvalue weighted by atomic mass is 35.5. The average molecular weight is 291 g/mol. The third kappa shape index (κ3) is 4.41. The van der Waals surface area contributed by atoms with Gasteiger partial charge in [-0.15, -0.1) is 12.4 Å². The van der Waals surface area contributed by atoms with Gasteiger partial charge in [-0.3, -0.25) is 4.90 Å². The lowest BCUT2D eigenvalue weighted by atomic mass is 10.1. The third-order valence-electron chi connectivity index (χ3n) is 3.44. The maximum absolute atomic E-state index is 13.6. The first-order valence-electron chi connectivity index (χ1n) is 6.59. The van der Waals surface area contributed by atoms with Gasteiger partial charge in [0.15, 0.2) is 0 Å². The summed E-state index contributed by atoms with van der Waals surface area (Å²) in [6.07, 6.45) is 2.10. The molecule has 1 aromatic rings. The fraction of sp³-hybridized carbons (Fsp3) is 0.571. The highest BCUT2D eigenvalue weighted by molar-refractivity contribution is 5.85. The summed E-state index contributed by atoms with van der Waals surface area (Å²) >= 11 is 0. The van der Waals surface area contributed by atoms with Gasteiger partial charge in [0.25, 0.3) is 0 Å². The van der Waals surface area contributed by atoms with Crippen molar-refractivity contribution in [3.63, 3.8) is 0 Å². The van der Waals surface area contributed by atoms with Crippen molar-refractivity contribution >= 4 is 12.4 Å². The minimum absolute atomic E-state index is 0. The van der Waals surface area contributed by atoms with Crippen molar-refractivity contribution in [2.24, 2.45) is 0 Å². The topological polar surface area (TPSA) is 15.3 Å². The first-order chi connectivity index (χ1) is 8.70. The van der Waals surface area contributed by atoms with Crippen LogP contribution < -0.4 is 5.32 Å². The molecule has 0 bridgehead atoms. The zero-order chi connectivity index (χ0) is 13.0. The molecule has 0 aromatic heterocycles. The smallest absolute Gasteiger partial charge is 0.127 e. The van der Waals surface area contributed by atoms with Crippen molar-refractivity contribution in [3.05, 3.63) is 35.4 Å². The highest BCUT2D eigenvalue weighted by Gasteiger charge is 2.22. The van der Waals surface area contributed by atoms with Crippen LogP contribution in [0.15, 0.2) is 18.2 Å². The Morgan fingerprint density at radius 1 is 1.37 bits per heavy atom. The molecule has 2 nitrogen and oxygen atoms in total. The zero-order valence-electron chi connectivity index (χ0n) is 11.2. The maximum atomic E-state index is 13.6. The molecule has 1 aliphatic rings. The van der Waals surface area contributed by atoms with E-state index in [9.17, 15) is 8.78 Å². The van der Waals surface area contributed by atoms with Crippen molar-refractivity contribution < 1.29 is 8.78 Å². The molecule has 1 aliphatic heterocycles. The van der Waals surface area contributed by atoms with Crippen LogP contribution in [-0.4, -0.2) is 30.6 Å². The molecule has 1 fully saturated rings. The SMILES string of the molecule is CCCN(Cc1cc(F)ccc1F)C1CCNC1.Cl. The van der Waals surface area contributed by atoms with Crippen LogP contribution in [0.3, 0.4) is 0 Å². The molecular formula is C14H21ClF2N2. The van der Waals surface area contributed by atoms with Crippen LogP contribution in [0.25, 0.3) is 0 Å². The Hall–Kier alpha value is -0.710. The quantitative estimate of drug-likeness (QED) is 0.897. The van der Waals surface area contributed by atoms with Gasteiger partial charge in [-0.05, 0) is 44.1 Å². The predicted molar refractivity (Wildman–Crippen MR) is 75.6 cm³/mol. The number of halogens is 3. The average Bonchev–Trinajstić information content (AvgIpc) is 2.87. The second-order valence-electron chi connectivity index (χ2n) is 4.85. The van der Waals surface area contributed by atoms with Crippen LogP contribution >= 0.6 is 12.4 Å². The lowest BCUT2D eigenvalue weighted by molar-refractivity contribution is 0.197. The minimum atomic E-state index is -0.368. The summed E-state index contributed by atoms with van der Waals surface area (Å²) in [6, 6.07) is 4.12. The molecule has 0 radical (unpaired) electrons. The second-order valence-corrected chi connectivity index (χ2v) is 4.85. The molecule has 0 saturated carbocycles. The van der Waals surface area contributed by atoms with Crippen LogP contribution in [-0.2, 0) is 6.54 Å². The van der Waals surface area contributed by atoms with Crippen molar-refractivity contribution in [1.82, 2.24) is 10.2 Å². The van der Waals surface area contributed by atoms with Crippen LogP contribution in [0.4, 0.5) is 8.78 Å². The number of hydrogen-bond donors (Lipinski definition) is 1. The third-order valence-corrected chi connectivity index (χ3v) is 3.44. The van der Waals surface area contributed by atoms with E-state index in [1.165, 1.54) is 18.2 Å². The lowest BCUT2D eigenvalue weighted by Crippen LogP contribution is -2.37. The van der Waals surface area contributed by atoms with Crippen molar-refractivity contribution in [2.75, 3.05) is 19.6 Å². The van der Waals surface area contributed by atoms with Gasteiger partial charge in [0, 0.05) is 24.7 Å². The maximum Gasteiger partial charge on any atom is 0.127 e. The monoisotopic (exact) mass is 290 g/mol. The number of nitrogens with one attached hydrogen (secondary N) is 1. The Balaban J connectivity index is 0.00000180. The summed E-state index contributed by atoms with van der Waals surface area (Å²) in [5.41, 5.74) is 0.454. The van der Waals surface area contributed by atoms with Crippen molar-refractivity contribution in [2.45, 2.75) is 32.4 Å². The molecule has 19 heavy (non-hydrogen) atoms. The van der Waals surface area contributed by atoms with E-state index in [1.54, 1.807) is 0 Å². The van der Waals surface area contributed by atoms with Crippen molar-refractivity contribution in [1.29, 1.82) is 0 Å². The molecule has 5 heteroatoms. The Morgan fingerprint density at radius 3 is 2.79 bits per heavy atom. The fourth-order valence-electron chi connectivity index (χ4n) is 2.51. The number of hydrogen-bond acceptors (Lipinski definition) is 2. The van der Waals surface area contributed by atoms with E-state index in [0.29, 0.717) is 18.2 Å². The van der Waals surface area contributed by atoms with Crippen molar-refractivity contribution in [3.8, 4) is 0 Å². The first-order valence-corrected chi connectivity index (χ1v) is 6.59. The zero-order valence-corrected chi connectivity index (χ0v) is 12.0. The molecule has 1 saturated heterocycles. The Labute approximate surface area is 119 Å². The molecule has 1 atom stereocenters. The predicted octanol–water partition coefficient (Wildman–Crippen LogP) is 2.96. The summed E-state index contributed by atoms with van der Waals surface area (Å²) < 4.78 is 26.8. The van der Waals surface area contributed by atoms with E-state index < -0.39 is 0 Å². The molecular weight excluding hydrogens is 270 g/mol. The molecule has 1 N–H and O–H groups in total. The van der Waals surface area contributed by atoms with E-state index in [1.807, 2.05) is 0 Å². The molecule has 108 valence electrons. The number of rotatable bonds is 5. The molecule has 1 unspecified atom stereocenters. The van der Waals surface area contributed by atoms with E-state index in [-0.39, 0.29) is 24.0 Å².